The van der Waals surface area contributed by atoms with Crippen LogP contribution in [0.4, 0.5) is 0 Å². The Morgan fingerprint density at radius 3 is 2.60 bits per heavy atom. The van der Waals surface area contributed by atoms with Gasteiger partial charge in [-0.15, -0.1) is 0 Å². The van der Waals surface area contributed by atoms with Gasteiger partial charge in [-0.2, -0.15) is 0 Å². The van der Waals surface area contributed by atoms with Gasteiger partial charge in [0.2, 0.25) is 0 Å². The van der Waals surface area contributed by atoms with Crippen LogP contribution < -0.4 is 0 Å². The molecule has 128 valence electrons. The van der Waals surface area contributed by atoms with Gasteiger partial charge in [0, 0.05) is 17.4 Å². The topological polar surface area (TPSA) is 17.1 Å². The van der Waals surface area contributed by atoms with Crippen molar-refractivity contribution in [1.29, 1.82) is 0 Å². The predicted octanol–water partition coefficient (Wildman–Crippen LogP) is 6.09. The lowest BCUT2D eigenvalue weighted by atomic mass is 9.62. The highest BCUT2D eigenvalue weighted by Crippen LogP contribution is 2.59. The molecule has 25 heavy (non-hydrogen) atoms. The number of hydrogen-bond acceptors (Lipinski definition) is 1. The Bertz CT molecular complexity index is 940. The quantitative estimate of drug-likeness (QED) is 0.534. The third kappa shape index (κ3) is 2.11. The van der Waals surface area contributed by atoms with Crippen LogP contribution in [0.3, 0.4) is 0 Å². The van der Waals surface area contributed by atoms with Crippen LogP contribution >= 0.6 is 0 Å². The summed E-state index contributed by atoms with van der Waals surface area (Å²) in [7, 11) is 0. The van der Waals surface area contributed by atoms with E-state index in [1.165, 1.54) is 41.2 Å². The Labute approximate surface area is 150 Å². The number of rotatable bonds is 0. The van der Waals surface area contributed by atoms with Gasteiger partial charge in [-0.25, -0.2) is 0 Å². The van der Waals surface area contributed by atoms with Crippen molar-refractivity contribution in [1.82, 2.24) is 0 Å². The summed E-state index contributed by atoms with van der Waals surface area (Å²) in [6.07, 6.45) is 7.87. The van der Waals surface area contributed by atoms with Crippen LogP contribution in [-0.2, 0) is 10.8 Å². The van der Waals surface area contributed by atoms with Crippen molar-refractivity contribution in [2.75, 3.05) is 0 Å². The molecule has 1 saturated carbocycles. The zero-order chi connectivity index (χ0) is 17.4. The average Bonchev–Trinajstić information content (AvgIpc) is 3.17. The van der Waals surface area contributed by atoms with Crippen LogP contribution in [0.2, 0.25) is 0 Å². The largest absolute Gasteiger partial charge is 0.294 e. The van der Waals surface area contributed by atoms with Crippen molar-refractivity contribution >= 4 is 16.6 Å². The lowest BCUT2D eigenvalue weighted by Gasteiger charge is -2.41. The second kappa shape index (κ2) is 4.84. The van der Waals surface area contributed by atoms with Gasteiger partial charge in [0.25, 0.3) is 0 Å². The molecule has 0 heterocycles. The van der Waals surface area contributed by atoms with E-state index in [0.29, 0.717) is 5.78 Å². The molecule has 5 rings (SSSR count). The number of hydrogen-bond donors (Lipinski definition) is 0. The Hall–Kier alpha value is -1.89. The van der Waals surface area contributed by atoms with Gasteiger partial charge in [-0.05, 0) is 71.0 Å². The number of carbonyl (C=O) groups excluding carboxylic acids is 1. The molecular formula is C24H26O. The van der Waals surface area contributed by atoms with E-state index in [2.05, 4.69) is 57.2 Å². The molecule has 3 aliphatic rings. The molecule has 2 atom stereocenters. The highest BCUT2D eigenvalue weighted by atomic mass is 16.1. The number of carbonyl (C=O) groups is 1. The average molecular weight is 330 g/mol. The summed E-state index contributed by atoms with van der Waals surface area (Å²) in [5.74, 6) is 1.07. The zero-order valence-electron chi connectivity index (χ0n) is 15.5. The fraction of sp³-hybridized carbons (Fsp3) is 0.458. The van der Waals surface area contributed by atoms with E-state index in [4.69, 9.17) is 0 Å². The van der Waals surface area contributed by atoms with Crippen LogP contribution in [-0.4, -0.2) is 5.78 Å². The van der Waals surface area contributed by atoms with Crippen LogP contribution in [0.5, 0.6) is 0 Å². The maximum atomic E-state index is 12.7. The minimum absolute atomic E-state index is 0.148. The molecule has 2 aromatic rings. The molecule has 1 spiro atoms. The van der Waals surface area contributed by atoms with Crippen LogP contribution in [0.25, 0.3) is 10.8 Å². The summed E-state index contributed by atoms with van der Waals surface area (Å²) >= 11 is 0. The summed E-state index contributed by atoms with van der Waals surface area (Å²) in [4.78, 5) is 12.7. The molecular weight excluding hydrogens is 304 g/mol. The molecule has 1 nitrogen and oxygen atoms in total. The zero-order valence-corrected chi connectivity index (χ0v) is 15.5. The normalized spacial score (nSPS) is 27.9. The van der Waals surface area contributed by atoms with Gasteiger partial charge in [0.15, 0.2) is 5.78 Å². The number of ketones is 1. The first-order valence-corrected chi connectivity index (χ1v) is 9.67. The highest BCUT2D eigenvalue weighted by molar-refractivity contribution is 6.03. The Morgan fingerprint density at radius 1 is 1.08 bits per heavy atom. The summed E-state index contributed by atoms with van der Waals surface area (Å²) in [5.41, 5.74) is 5.75. The van der Waals surface area contributed by atoms with E-state index in [-0.39, 0.29) is 10.8 Å². The number of benzene rings is 2. The van der Waals surface area contributed by atoms with Crippen LogP contribution in [0.15, 0.2) is 42.0 Å². The van der Waals surface area contributed by atoms with Crippen molar-refractivity contribution in [3.8, 4) is 0 Å². The molecule has 2 bridgehead atoms. The summed E-state index contributed by atoms with van der Waals surface area (Å²) in [6, 6.07) is 11.3. The third-order valence-electron chi connectivity index (χ3n) is 7.00. The van der Waals surface area contributed by atoms with E-state index in [1.54, 1.807) is 5.57 Å². The van der Waals surface area contributed by atoms with Crippen molar-refractivity contribution in [3.05, 3.63) is 58.7 Å². The molecule has 3 aliphatic carbocycles. The first-order chi connectivity index (χ1) is 11.9. The van der Waals surface area contributed by atoms with Crippen molar-refractivity contribution in [2.24, 2.45) is 5.92 Å². The van der Waals surface area contributed by atoms with Gasteiger partial charge in [0.05, 0.1) is 0 Å². The highest BCUT2D eigenvalue weighted by Gasteiger charge is 2.51. The summed E-state index contributed by atoms with van der Waals surface area (Å²) in [6.45, 7) is 6.79. The van der Waals surface area contributed by atoms with Gasteiger partial charge < -0.3 is 0 Å². The second-order valence-corrected chi connectivity index (χ2v) is 9.46. The van der Waals surface area contributed by atoms with E-state index in [9.17, 15) is 4.79 Å². The van der Waals surface area contributed by atoms with Crippen molar-refractivity contribution < 1.29 is 4.79 Å². The van der Waals surface area contributed by atoms with Gasteiger partial charge in [-0.1, -0.05) is 50.6 Å². The van der Waals surface area contributed by atoms with E-state index in [0.717, 1.165) is 24.3 Å². The molecule has 0 amide bonds. The molecule has 0 aromatic heterocycles. The fourth-order valence-electron chi connectivity index (χ4n) is 5.53. The monoisotopic (exact) mass is 330 g/mol. The van der Waals surface area contributed by atoms with Crippen LogP contribution in [0.1, 0.15) is 74.4 Å². The van der Waals surface area contributed by atoms with Crippen LogP contribution in [0, 0.1) is 5.92 Å². The Morgan fingerprint density at radius 2 is 1.92 bits per heavy atom. The minimum atomic E-state index is 0.148. The van der Waals surface area contributed by atoms with E-state index >= 15 is 0 Å². The van der Waals surface area contributed by atoms with E-state index < -0.39 is 0 Å². The molecule has 2 unspecified atom stereocenters. The fourth-order valence-corrected chi connectivity index (χ4v) is 5.53. The maximum Gasteiger partial charge on any atom is 0.163 e. The van der Waals surface area contributed by atoms with Crippen molar-refractivity contribution in [2.45, 2.75) is 63.7 Å². The first-order valence-electron chi connectivity index (χ1n) is 9.67. The molecule has 0 radical (unpaired) electrons. The number of allylic oxidation sites excluding steroid dienone is 2. The smallest absolute Gasteiger partial charge is 0.163 e. The maximum absolute atomic E-state index is 12.7. The van der Waals surface area contributed by atoms with Gasteiger partial charge >= 0.3 is 0 Å². The second-order valence-electron chi connectivity index (χ2n) is 9.46. The lowest BCUT2D eigenvalue weighted by Crippen LogP contribution is -2.37. The molecule has 1 heteroatoms. The number of fused-ring (bicyclic) bond motifs is 6. The third-order valence-corrected chi connectivity index (χ3v) is 7.00. The van der Waals surface area contributed by atoms with Crippen molar-refractivity contribution in [3.63, 3.8) is 0 Å². The van der Waals surface area contributed by atoms with E-state index in [1.807, 2.05) is 0 Å². The lowest BCUT2D eigenvalue weighted by molar-refractivity contribution is 0.0940. The Kier molecular flexibility index (Phi) is 2.98. The predicted molar refractivity (Wildman–Crippen MR) is 103 cm³/mol. The molecule has 2 aromatic carbocycles. The standard InChI is InChI=1S/C24H26O/c1-23(2,3)18-7-5-16-12-20-21(13-17(16)11-18)24(9-8-22(20)25)14-15-4-6-19(24)10-15/h4-5,7,11-13,19H,6,8-10,14H2,1-3H3. The molecule has 1 fully saturated rings. The first kappa shape index (κ1) is 15.4. The molecule has 0 saturated heterocycles. The SMILES string of the molecule is CC(C)(C)c1ccc2cc3c(cc2c1)C1(CCC3=O)CC2=CCC1C2. The summed E-state index contributed by atoms with van der Waals surface area (Å²) in [5, 5.41) is 2.51. The molecule has 0 N–H and O–H groups in total. The summed E-state index contributed by atoms with van der Waals surface area (Å²) < 4.78 is 0. The van der Waals surface area contributed by atoms with Gasteiger partial charge in [0.1, 0.15) is 0 Å². The molecule has 0 aliphatic heterocycles. The van der Waals surface area contributed by atoms with Gasteiger partial charge in [-0.3, -0.25) is 4.79 Å². The Balaban J connectivity index is 1.74. The number of Topliss-reactive ketones (excluding diaryl/α,β-unsaturated/α-hetero) is 1. The minimum Gasteiger partial charge on any atom is -0.294 e.